The summed E-state index contributed by atoms with van der Waals surface area (Å²) in [5, 5.41) is 0. The van der Waals surface area contributed by atoms with Gasteiger partial charge in [0.1, 0.15) is 9.84 Å². The molecule has 3 rings (SSSR count). The van der Waals surface area contributed by atoms with Crippen LogP contribution in [-0.4, -0.2) is 67.9 Å². The maximum Gasteiger partial charge on any atom is 0.228 e. The first-order valence-corrected chi connectivity index (χ1v) is 11.0. The van der Waals surface area contributed by atoms with Gasteiger partial charge in [-0.05, 0) is 32.1 Å². The molecule has 0 bridgehead atoms. The Morgan fingerprint density at radius 2 is 1.61 bits per heavy atom. The van der Waals surface area contributed by atoms with Gasteiger partial charge in [-0.2, -0.15) is 0 Å². The van der Waals surface area contributed by atoms with Crippen LogP contribution in [0.5, 0.6) is 0 Å². The standard InChI is InChI=1S/C17H30N2O3S/c1-2-17(7-3-4-8-17)16(20)19-11-9-18(10-12-19)15-5-13-23(21,22)14-6-15/h15H,2-14H2,1H3. The molecule has 1 amide bonds. The van der Waals surface area contributed by atoms with Gasteiger partial charge in [-0.3, -0.25) is 9.69 Å². The number of piperazine rings is 1. The van der Waals surface area contributed by atoms with Crippen LogP contribution in [0.2, 0.25) is 0 Å². The summed E-state index contributed by atoms with van der Waals surface area (Å²) in [6, 6.07) is 0.391. The summed E-state index contributed by atoms with van der Waals surface area (Å²) in [5.74, 6) is 1.04. The fourth-order valence-electron chi connectivity index (χ4n) is 4.64. The van der Waals surface area contributed by atoms with Crippen molar-refractivity contribution in [1.29, 1.82) is 0 Å². The van der Waals surface area contributed by atoms with Crippen LogP contribution in [0.3, 0.4) is 0 Å². The molecule has 132 valence electrons. The Bertz CT molecular complexity index is 518. The molecule has 1 aliphatic carbocycles. The largest absolute Gasteiger partial charge is 0.340 e. The van der Waals surface area contributed by atoms with Crippen molar-refractivity contribution < 1.29 is 13.2 Å². The number of rotatable bonds is 3. The monoisotopic (exact) mass is 342 g/mol. The first kappa shape index (κ1) is 17.2. The number of sulfone groups is 1. The van der Waals surface area contributed by atoms with Crippen molar-refractivity contribution in [3.8, 4) is 0 Å². The minimum absolute atomic E-state index is 0.0823. The molecule has 2 aliphatic heterocycles. The zero-order valence-electron chi connectivity index (χ0n) is 14.3. The van der Waals surface area contributed by atoms with Crippen LogP contribution < -0.4 is 0 Å². The van der Waals surface area contributed by atoms with Crippen molar-refractivity contribution in [2.24, 2.45) is 5.41 Å². The van der Waals surface area contributed by atoms with E-state index in [1.54, 1.807) is 0 Å². The van der Waals surface area contributed by atoms with Crippen LogP contribution in [-0.2, 0) is 14.6 Å². The van der Waals surface area contributed by atoms with E-state index in [0.29, 0.717) is 23.5 Å². The third-order valence-corrected chi connectivity index (χ3v) is 8.05. The Kier molecular flexibility index (Phi) is 5.02. The van der Waals surface area contributed by atoms with Gasteiger partial charge in [0, 0.05) is 37.6 Å². The summed E-state index contributed by atoms with van der Waals surface area (Å²) in [6.45, 7) is 5.57. The van der Waals surface area contributed by atoms with Crippen LogP contribution in [0.4, 0.5) is 0 Å². The second-order valence-electron chi connectivity index (χ2n) is 7.55. The lowest BCUT2D eigenvalue weighted by Gasteiger charge is -2.43. The van der Waals surface area contributed by atoms with Crippen LogP contribution >= 0.6 is 0 Å². The van der Waals surface area contributed by atoms with Gasteiger partial charge in [-0.15, -0.1) is 0 Å². The second kappa shape index (κ2) is 6.71. The van der Waals surface area contributed by atoms with E-state index in [4.69, 9.17) is 0 Å². The van der Waals surface area contributed by atoms with Gasteiger partial charge in [0.2, 0.25) is 5.91 Å². The quantitative estimate of drug-likeness (QED) is 0.783. The third-order valence-electron chi connectivity index (χ3n) is 6.33. The molecular formula is C17H30N2O3S. The Labute approximate surface area is 140 Å². The van der Waals surface area contributed by atoms with Crippen molar-refractivity contribution >= 4 is 15.7 Å². The smallest absolute Gasteiger partial charge is 0.228 e. The maximum atomic E-state index is 12.9. The summed E-state index contributed by atoms with van der Waals surface area (Å²) in [7, 11) is -2.79. The zero-order chi connectivity index (χ0) is 16.5. The zero-order valence-corrected chi connectivity index (χ0v) is 15.1. The predicted molar refractivity (Wildman–Crippen MR) is 91.0 cm³/mol. The van der Waals surface area contributed by atoms with Crippen molar-refractivity contribution in [2.75, 3.05) is 37.7 Å². The number of carbonyl (C=O) groups excluding carboxylic acids is 1. The molecule has 2 heterocycles. The van der Waals surface area contributed by atoms with Crippen molar-refractivity contribution in [1.82, 2.24) is 9.80 Å². The second-order valence-corrected chi connectivity index (χ2v) is 9.86. The molecular weight excluding hydrogens is 312 g/mol. The highest BCUT2D eigenvalue weighted by atomic mass is 32.2. The number of hydrogen-bond donors (Lipinski definition) is 0. The average molecular weight is 343 g/mol. The molecule has 1 saturated carbocycles. The lowest BCUT2D eigenvalue weighted by Crippen LogP contribution is -2.55. The molecule has 5 nitrogen and oxygen atoms in total. The summed E-state index contributed by atoms with van der Waals surface area (Å²) in [4.78, 5) is 17.4. The van der Waals surface area contributed by atoms with Crippen LogP contribution in [0.15, 0.2) is 0 Å². The van der Waals surface area contributed by atoms with E-state index in [2.05, 4.69) is 16.7 Å². The Morgan fingerprint density at radius 1 is 1.04 bits per heavy atom. The van der Waals surface area contributed by atoms with Gasteiger partial charge >= 0.3 is 0 Å². The van der Waals surface area contributed by atoms with Gasteiger partial charge in [-0.1, -0.05) is 19.8 Å². The van der Waals surface area contributed by atoms with E-state index in [1.807, 2.05) is 0 Å². The normalized spacial score (nSPS) is 28.8. The van der Waals surface area contributed by atoms with E-state index < -0.39 is 9.84 Å². The van der Waals surface area contributed by atoms with Crippen molar-refractivity contribution in [2.45, 2.75) is 57.9 Å². The molecule has 0 atom stereocenters. The van der Waals surface area contributed by atoms with E-state index >= 15 is 0 Å². The van der Waals surface area contributed by atoms with Crippen LogP contribution in [0, 0.1) is 5.41 Å². The number of hydrogen-bond acceptors (Lipinski definition) is 4. The third kappa shape index (κ3) is 3.58. The number of carbonyl (C=O) groups is 1. The average Bonchev–Trinajstić information content (AvgIpc) is 3.05. The minimum atomic E-state index is -2.79. The minimum Gasteiger partial charge on any atom is -0.340 e. The summed E-state index contributed by atoms with van der Waals surface area (Å²) in [6.07, 6.45) is 6.98. The van der Waals surface area contributed by atoms with E-state index in [9.17, 15) is 13.2 Å². The lowest BCUT2D eigenvalue weighted by molar-refractivity contribution is -0.144. The molecule has 0 unspecified atom stereocenters. The summed E-state index contributed by atoms with van der Waals surface area (Å²) in [5.41, 5.74) is -0.0823. The predicted octanol–water partition coefficient (Wildman–Crippen LogP) is 1.68. The Hall–Kier alpha value is -0.620. The van der Waals surface area contributed by atoms with Gasteiger partial charge in [0.05, 0.1) is 11.5 Å². The highest BCUT2D eigenvalue weighted by Gasteiger charge is 2.42. The first-order valence-electron chi connectivity index (χ1n) is 9.20. The molecule has 0 aromatic rings. The molecule has 2 saturated heterocycles. The van der Waals surface area contributed by atoms with E-state index in [0.717, 1.165) is 58.3 Å². The molecule has 3 fully saturated rings. The molecule has 0 N–H and O–H groups in total. The maximum absolute atomic E-state index is 12.9. The van der Waals surface area contributed by atoms with Crippen LogP contribution in [0.25, 0.3) is 0 Å². The molecule has 23 heavy (non-hydrogen) atoms. The summed E-state index contributed by atoms with van der Waals surface area (Å²) < 4.78 is 23.1. The van der Waals surface area contributed by atoms with Gasteiger partial charge in [-0.25, -0.2) is 8.42 Å². The van der Waals surface area contributed by atoms with Gasteiger partial charge < -0.3 is 4.90 Å². The fourth-order valence-corrected chi connectivity index (χ4v) is 6.11. The molecule has 0 aromatic carbocycles. The summed E-state index contributed by atoms with van der Waals surface area (Å²) >= 11 is 0. The van der Waals surface area contributed by atoms with Crippen molar-refractivity contribution in [3.05, 3.63) is 0 Å². The SMILES string of the molecule is CCC1(C(=O)N2CCN(C3CCS(=O)(=O)CC3)CC2)CCCC1. The van der Waals surface area contributed by atoms with E-state index in [-0.39, 0.29) is 5.41 Å². The molecule has 0 spiro atoms. The number of nitrogens with zero attached hydrogens (tertiary/aromatic N) is 2. The molecule has 3 aliphatic rings. The highest BCUT2D eigenvalue weighted by molar-refractivity contribution is 7.91. The topological polar surface area (TPSA) is 57.7 Å². The first-order chi connectivity index (χ1) is 11.0. The lowest BCUT2D eigenvalue weighted by atomic mass is 9.81. The van der Waals surface area contributed by atoms with Crippen molar-refractivity contribution in [3.63, 3.8) is 0 Å². The van der Waals surface area contributed by atoms with Gasteiger partial charge in [0.25, 0.3) is 0 Å². The highest BCUT2D eigenvalue weighted by Crippen LogP contribution is 2.42. The Balaban J connectivity index is 1.53. The molecule has 0 radical (unpaired) electrons. The molecule has 0 aromatic heterocycles. The van der Waals surface area contributed by atoms with Crippen LogP contribution in [0.1, 0.15) is 51.9 Å². The Morgan fingerprint density at radius 3 is 2.13 bits per heavy atom. The van der Waals surface area contributed by atoms with E-state index in [1.165, 1.54) is 12.8 Å². The molecule has 6 heteroatoms. The number of amides is 1. The van der Waals surface area contributed by atoms with Gasteiger partial charge in [0.15, 0.2) is 0 Å². The fraction of sp³-hybridized carbons (Fsp3) is 0.941.